The second-order valence-electron chi connectivity index (χ2n) is 21.2. The van der Waals surface area contributed by atoms with Gasteiger partial charge in [-0.1, -0.05) is 37.3 Å². The number of esters is 3. The summed E-state index contributed by atoms with van der Waals surface area (Å²) in [6.07, 6.45) is -5.03. The monoisotopic (exact) mass is 1120 g/mol. The van der Waals surface area contributed by atoms with Crippen LogP contribution in [0, 0.1) is 17.3 Å². The van der Waals surface area contributed by atoms with E-state index < -0.39 is 112 Å². The van der Waals surface area contributed by atoms with Gasteiger partial charge < -0.3 is 74.8 Å². The molecule has 432 valence electrons. The number of rotatable bonds is 13. The summed E-state index contributed by atoms with van der Waals surface area (Å²) in [5, 5.41) is 79.2. The van der Waals surface area contributed by atoms with Crippen molar-refractivity contribution in [1.29, 1.82) is 0 Å². The van der Waals surface area contributed by atoms with Gasteiger partial charge in [-0.3, -0.25) is 19.4 Å². The zero-order valence-corrected chi connectivity index (χ0v) is 44.3. The number of carbonyl (C=O) groups is 7. The molecule has 26 heteroatoms. The first-order chi connectivity index (χ1) is 37.0. The van der Waals surface area contributed by atoms with E-state index in [0.29, 0.717) is 61.7 Å². The fraction of sp³-hybridized carbons (Fsp3) is 0.566. The quantitative estimate of drug-likeness (QED) is 0.0644. The SMILES string of the molecule is CC[C@]12C=CCN3CC[C@@]4(c5cc([C@@]6(C(=O)OC)C[C@H]7C[C@@H](C(C)(F)F)CN(Cc8c6[nH]c6ccccc86)C7)c(OC)cc5N(C)[C@H]4[C@@](O)(C(=O)OC)[C@@H]1OC(C)=O)[C@@H]32.O=C(O)[C@H](O)[C@@H](O)C(=O)O.O=C(O)[C@H](O)[C@@H](O)C(=O)O. The number of para-hydroxylation sites is 1. The number of nitrogens with one attached hydrogen (secondary N) is 1. The predicted molar refractivity (Wildman–Crippen MR) is 269 cm³/mol. The first-order valence-corrected chi connectivity index (χ1v) is 25.3. The van der Waals surface area contributed by atoms with Crippen LogP contribution in [0.2, 0.25) is 0 Å². The van der Waals surface area contributed by atoms with Crippen molar-refractivity contribution in [3.05, 3.63) is 70.9 Å². The Morgan fingerprint density at radius 3 is 1.94 bits per heavy atom. The maximum Gasteiger partial charge on any atom is 0.344 e. The number of fused-ring (bicyclic) bond motifs is 6. The van der Waals surface area contributed by atoms with Gasteiger partial charge in [-0.25, -0.2) is 32.8 Å². The minimum Gasteiger partial charge on any atom is -0.496 e. The summed E-state index contributed by atoms with van der Waals surface area (Å²) in [6.45, 7) is 6.55. The minimum atomic E-state index is -2.94. The number of alkyl halides is 2. The molecule has 6 heterocycles. The van der Waals surface area contributed by atoms with Crippen LogP contribution >= 0.6 is 0 Å². The normalized spacial score (nSPS) is 30.7. The second kappa shape index (κ2) is 22.0. The van der Waals surface area contributed by atoms with E-state index in [1.165, 1.54) is 28.3 Å². The minimum absolute atomic E-state index is 0.155. The van der Waals surface area contributed by atoms with Gasteiger partial charge in [-0.05, 0) is 68.3 Å². The molecule has 1 unspecified atom stereocenters. The summed E-state index contributed by atoms with van der Waals surface area (Å²) < 4.78 is 54.3. The number of carboxylic acid groups (broad SMARTS) is 4. The van der Waals surface area contributed by atoms with E-state index in [4.69, 9.17) is 59.8 Å². The molecule has 1 aromatic heterocycles. The number of nitrogens with zero attached hydrogens (tertiary/aromatic N) is 3. The summed E-state index contributed by atoms with van der Waals surface area (Å²) in [5.41, 5.74) is -1.64. The number of ether oxygens (including phenoxy) is 4. The number of aliphatic hydroxyl groups is 5. The molecule has 24 nitrogen and oxygen atoms in total. The number of piperidine rings is 1. The van der Waals surface area contributed by atoms with Crippen molar-refractivity contribution in [2.24, 2.45) is 17.3 Å². The van der Waals surface area contributed by atoms with Crippen LogP contribution in [0.25, 0.3) is 10.9 Å². The maximum absolute atomic E-state index is 15.3. The lowest BCUT2D eigenvalue weighted by Gasteiger charge is -2.63. The molecular weight excluding hydrogens is 1050 g/mol. The highest BCUT2D eigenvalue weighted by atomic mass is 19.3. The fourth-order valence-corrected chi connectivity index (χ4v) is 13.8. The van der Waals surface area contributed by atoms with Crippen LogP contribution in [0.3, 0.4) is 0 Å². The number of likely N-dealkylation sites (N-methyl/N-ethyl adjacent to an activating group) is 1. The molecular formula is C53H66F2N4O20. The number of benzene rings is 2. The first-order valence-electron chi connectivity index (χ1n) is 25.3. The summed E-state index contributed by atoms with van der Waals surface area (Å²) in [7, 11) is 5.94. The molecule has 2 bridgehead atoms. The Morgan fingerprint density at radius 1 is 0.835 bits per heavy atom. The molecule has 2 saturated heterocycles. The van der Waals surface area contributed by atoms with Crippen molar-refractivity contribution in [1.82, 2.24) is 14.8 Å². The third-order valence-corrected chi connectivity index (χ3v) is 16.9. The van der Waals surface area contributed by atoms with E-state index in [-0.39, 0.29) is 31.3 Å². The van der Waals surface area contributed by atoms with Gasteiger partial charge in [0.25, 0.3) is 0 Å². The standard InChI is InChI=1S/C45H54F2N4O8.2C4H6O6/c1-8-42-14-11-16-51-17-15-43(36(42)51)30-19-31(34(56-5)20-33(30)49(4)37(43)45(55,40(54)58-7)38(42)59-25(2)52)44(39(53)57-6)21-26-18-27(41(3,46)47)23-50(22-26)24-29-28-12-9-10-13-32(28)48-35(29)44;2*5-1(3(7)8)2(6)4(9)10/h9-14,19-20,26-27,36-38,48,55H,8,15-18,21-24H2,1-7H3;2*1-2,5-6H,(H,7,8)(H,9,10)/t26-,27-,36+,37-,38-,42-,43-,44+,45+;2*1-,2-/m111/s1. The topological polar surface area (TPSA) is 364 Å². The molecule has 3 fully saturated rings. The Balaban J connectivity index is 0.000000384. The number of aliphatic carboxylic acids is 4. The fourth-order valence-electron chi connectivity index (χ4n) is 13.8. The zero-order valence-electron chi connectivity index (χ0n) is 44.3. The van der Waals surface area contributed by atoms with Crippen LogP contribution < -0.4 is 9.64 Å². The van der Waals surface area contributed by atoms with Crippen LogP contribution in [-0.2, 0) is 65.1 Å². The Bertz CT molecular complexity index is 2860. The van der Waals surface area contributed by atoms with Gasteiger partial charge in [-0.2, -0.15) is 0 Å². The summed E-state index contributed by atoms with van der Waals surface area (Å²) >= 11 is 0. The molecule has 0 radical (unpaired) electrons. The molecule has 6 aliphatic rings. The second-order valence-corrected chi connectivity index (χ2v) is 21.2. The molecule has 1 aliphatic carbocycles. The summed E-state index contributed by atoms with van der Waals surface area (Å²) in [5.74, 6) is -13.0. The number of methoxy groups -OCH3 is 3. The lowest BCUT2D eigenvalue weighted by molar-refractivity contribution is -0.228. The van der Waals surface area contributed by atoms with Gasteiger partial charge >= 0.3 is 41.8 Å². The van der Waals surface area contributed by atoms with Gasteiger partial charge in [-0.15, -0.1) is 0 Å². The molecule has 1 saturated carbocycles. The molecule has 10 N–H and O–H groups in total. The number of carbonyl (C=O) groups excluding carboxylic acids is 3. The van der Waals surface area contributed by atoms with Crippen LogP contribution in [0.5, 0.6) is 5.75 Å². The van der Waals surface area contributed by atoms with Crippen molar-refractivity contribution in [2.75, 3.05) is 59.5 Å². The zero-order chi connectivity index (χ0) is 58.6. The van der Waals surface area contributed by atoms with Crippen LogP contribution in [0.1, 0.15) is 68.8 Å². The Kier molecular flexibility index (Phi) is 16.7. The summed E-state index contributed by atoms with van der Waals surface area (Å²) in [6, 6.07) is 10.3. The lowest BCUT2D eigenvalue weighted by atomic mass is 9.47. The highest BCUT2D eigenvalue weighted by molar-refractivity contribution is 5.95. The van der Waals surface area contributed by atoms with E-state index in [0.717, 1.165) is 29.0 Å². The highest BCUT2D eigenvalue weighted by Crippen LogP contribution is 2.68. The molecule has 14 atom stereocenters. The number of hydrogen-bond acceptors (Lipinski definition) is 19. The number of anilines is 1. The lowest BCUT2D eigenvalue weighted by Crippen LogP contribution is -2.81. The molecule has 1 spiro atoms. The molecule has 79 heavy (non-hydrogen) atoms. The van der Waals surface area contributed by atoms with E-state index >= 15 is 13.6 Å². The predicted octanol–water partition coefficient (Wildman–Crippen LogP) is 0.834. The number of halogens is 2. The van der Waals surface area contributed by atoms with E-state index in [2.05, 4.69) is 14.8 Å². The Morgan fingerprint density at radius 2 is 1.42 bits per heavy atom. The molecule has 2 aromatic carbocycles. The average Bonchev–Trinajstić information content (AvgIpc) is 2.36. The van der Waals surface area contributed by atoms with Crippen LogP contribution in [0.15, 0.2) is 48.6 Å². The number of aliphatic hydroxyl groups excluding tert-OH is 4. The number of aromatic amines is 1. The van der Waals surface area contributed by atoms with Crippen molar-refractivity contribution in [3.63, 3.8) is 0 Å². The Labute approximate surface area is 450 Å². The first kappa shape index (κ1) is 59.8. The van der Waals surface area contributed by atoms with Gasteiger partial charge in [0.2, 0.25) is 11.5 Å². The third kappa shape index (κ3) is 9.73. The van der Waals surface area contributed by atoms with Gasteiger partial charge in [0.1, 0.15) is 11.2 Å². The molecule has 0 amide bonds. The average molecular weight is 1120 g/mol. The molecule has 9 rings (SSSR count). The number of aromatic nitrogens is 1. The van der Waals surface area contributed by atoms with E-state index in [1.807, 2.05) is 67.4 Å². The van der Waals surface area contributed by atoms with E-state index in [1.54, 1.807) is 0 Å². The largest absolute Gasteiger partial charge is 0.496 e. The highest BCUT2D eigenvalue weighted by Gasteiger charge is 2.80. The summed E-state index contributed by atoms with van der Waals surface area (Å²) in [4.78, 5) is 91.6. The Hall–Kier alpha value is -6.81. The smallest absolute Gasteiger partial charge is 0.344 e. The number of carboxylic acids is 4. The van der Waals surface area contributed by atoms with Crippen molar-refractivity contribution in [3.8, 4) is 5.75 Å². The van der Waals surface area contributed by atoms with Crippen molar-refractivity contribution < 1.29 is 107 Å². The van der Waals surface area contributed by atoms with Crippen molar-refractivity contribution in [2.45, 2.75) is 118 Å². The maximum atomic E-state index is 15.3. The van der Waals surface area contributed by atoms with Crippen LogP contribution in [-0.4, -0.2) is 211 Å². The molecule has 3 aromatic rings. The number of H-pyrrole nitrogens is 1. The van der Waals surface area contributed by atoms with Gasteiger partial charge in [0.15, 0.2) is 30.5 Å². The molecule has 5 aliphatic heterocycles. The van der Waals surface area contributed by atoms with Gasteiger partial charge in [0.05, 0.1) is 27.4 Å². The van der Waals surface area contributed by atoms with Gasteiger partial charge in [0, 0.05) is 96.9 Å². The van der Waals surface area contributed by atoms with Crippen molar-refractivity contribution >= 4 is 58.4 Å². The number of hydrogen-bond donors (Lipinski definition) is 10. The van der Waals surface area contributed by atoms with Crippen LogP contribution in [0.4, 0.5) is 14.5 Å². The van der Waals surface area contributed by atoms with E-state index in [9.17, 15) is 33.9 Å². The third-order valence-electron chi connectivity index (χ3n) is 16.9.